The van der Waals surface area contributed by atoms with Crippen molar-refractivity contribution in [1.29, 1.82) is 0 Å². The highest BCUT2D eigenvalue weighted by atomic mass is 16.2. The third-order valence-electron chi connectivity index (χ3n) is 3.64. The molecule has 6 nitrogen and oxygen atoms in total. The highest BCUT2D eigenvalue weighted by Gasteiger charge is 2.12. The zero-order chi connectivity index (χ0) is 18.7. The number of hydrogen-bond donors (Lipinski definition) is 2. The fraction of sp³-hybridized carbons (Fsp3) is 0.778. The molecule has 0 aromatic rings. The molecule has 2 N–H and O–H groups in total. The normalized spacial score (nSPS) is 12.0. The molecule has 0 saturated carbocycles. The van der Waals surface area contributed by atoms with Crippen LogP contribution >= 0.6 is 0 Å². The fourth-order valence-corrected chi connectivity index (χ4v) is 2.28. The molecule has 0 rings (SSSR count). The van der Waals surface area contributed by atoms with Gasteiger partial charge in [-0.15, -0.1) is 0 Å². The van der Waals surface area contributed by atoms with Crippen LogP contribution in [0.15, 0.2) is 17.1 Å². The Balaban J connectivity index is 4.46. The molecule has 0 heterocycles. The molecule has 0 unspecified atom stereocenters. The molecule has 0 aromatic heterocycles. The van der Waals surface area contributed by atoms with Crippen molar-refractivity contribution in [2.24, 2.45) is 4.99 Å². The van der Waals surface area contributed by atoms with Crippen LogP contribution in [-0.4, -0.2) is 74.0 Å². The zero-order valence-corrected chi connectivity index (χ0v) is 16.6. The van der Waals surface area contributed by atoms with Gasteiger partial charge in [0.15, 0.2) is 5.96 Å². The van der Waals surface area contributed by atoms with Crippen LogP contribution in [0.25, 0.3) is 0 Å². The Bertz CT molecular complexity index is 408. The van der Waals surface area contributed by atoms with Gasteiger partial charge in [-0.05, 0) is 41.0 Å². The Morgan fingerprint density at radius 3 is 2.17 bits per heavy atom. The van der Waals surface area contributed by atoms with Crippen molar-refractivity contribution in [3.05, 3.63) is 12.2 Å². The van der Waals surface area contributed by atoms with Crippen molar-refractivity contribution in [3.63, 3.8) is 0 Å². The summed E-state index contributed by atoms with van der Waals surface area (Å²) in [6.07, 6.45) is 1.02. The van der Waals surface area contributed by atoms with E-state index >= 15 is 0 Å². The summed E-state index contributed by atoms with van der Waals surface area (Å²) in [5, 5.41) is 6.51. The summed E-state index contributed by atoms with van der Waals surface area (Å²) in [6.45, 7) is 17.4. The zero-order valence-electron chi connectivity index (χ0n) is 16.6. The number of rotatable bonds is 10. The van der Waals surface area contributed by atoms with Crippen LogP contribution in [0.5, 0.6) is 0 Å². The Labute approximate surface area is 148 Å². The standard InChI is InChI=1S/C18H37N5O/c1-14(2)12-20-18(21-13-17(24)22(7)8)19-10-9-11-23(15(3)4)16(5)6/h15-16H,1,9-13H2,2-8H3,(H2,19,20,21). The van der Waals surface area contributed by atoms with E-state index in [-0.39, 0.29) is 12.5 Å². The molecule has 24 heavy (non-hydrogen) atoms. The van der Waals surface area contributed by atoms with Crippen LogP contribution in [-0.2, 0) is 4.79 Å². The van der Waals surface area contributed by atoms with E-state index in [0.717, 1.165) is 25.1 Å². The maximum Gasteiger partial charge on any atom is 0.243 e. The number of carbonyl (C=O) groups is 1. The second kappa shape index (κ2) is 11.9. The molecule has 0 aliphatic carbocycles. The Hall–Kier alpha value is -1.56. The van der Waals surface area contributed by atoms with E-state index in [1.807, 2.05) is 6.92 Å². The topological polar surface area (TPSA) is 60.0 Å². The van der Waals surface area contributed by atoms with E-state index in [4.69, 9.17) is 0 Å². The Morgan fingerprint density at radius 2 is 1.71 bits per heavy atom. The second-order valence-corrected chi connectivity index (χ2v) is 6.97. The van der Waals surface area contributed by atoms with Crippen LogP contribution in [0.4, 0.5) is 0 Å². The first-order valence-corrected chi connectivity index (χ1v) is 8.77. The van der Waals surface area contributed by atoms with E-state index in [1.165, 1.54) is 0 Å². The highest BCUT2D eigenvalue weighted by Crippen LogP contribution is 2.05. The first-order valence-electron chi connectivity index (χ1n) is 8.77. The van der Waals surface area contributed by atoms with Crippen molar-refractivity contribution < 1.29 is 4.79 Å². The van der Waals surface area contributed by atoms with E-state index in [9.17, 15) is 4.79 Å². The van der Waals surface area contributed by atoms with Crippen molar-refractivity contribution in [2.45, 2.75) is 53.1 Å². The monoisotopic (exact) mass is 339 g/mol. The first-order chi connectivity index (χ1) is 11.1. The van der Waals surface area contributed by atoms with Crippen LogP contribution in [0.2, 0.25) is 0 Å². The molecule has 140 valence electrons. The smallest absolute Gasteiger partial charge is 0.243 e. The van der Waals surface area contributed by atoms with Crippen LogP contribution in [0.1, 0.15) is 41.0 Å². The molecule has 0 spiro atoms. The molecule has 0 aliphatic rings. The second-order valence-electron chi connectivity index (χ2n) is 6.97. The molecular weight excluding hydrogens is 302 g/mol. The number of guanidine groups is 1. The van der Waals surface area contributed by atoms with Gasteiger partial charge in [-0.1, -0.05) is 12.2 Å². The molecule has 0 radical (unpaired) electrons. The quantitative estimate of drug-likeness (QED) is 0.275. The van der Waals surface area contributed by atoms with Crippen LogP contribution in [0.3, 0.4) is 0 Å². The minimum Gasteiger partial charge on any atom is -0.356 e. The third kappa shape index (κ3) is 10.3. The van der Waals surface area contributed by atoms with Crippen molar-refractivity contribution in [1.82, 2.24) is 20.4 Å². The number of nitrogens with zero attached hydrogens (tertiary/aromatic N) is 3. The SMILES string of the molecule is C=C(C)CNC(=NCC(=O)N(C)C)NCCCN(C(C)C)C(C)C. The lowest BCUT2D eigenvalue weighted by Gasteiger charge is -2.30. The molecule has 0 fully saturated rings. The largest absolute Gasteiger partial charge is 0.356 e. The molecule has 0 bridgehead atoms. The van der Waals surface area contributed by atoms with E-state index < -0.39 is 0 Å². The minimum atomic E-state index is -0.0165. The van der Waals surface area contributed by atoms with E-state index in [2.05, 4.69) is 54.8 Å². The predicted molar refractivity (Wildman–Crippen MR) is 103 cm³/mol. The molecular formula is C18H37N5O. The lowest BCUT2D eigenvalue weighted by atomic mass is 10.2. The summed E-state index contributed by atoms with van der Waals surface area (Å²) in [7, 11) is 3.47. The number of nitrogens with one attached hydrogen (secondary N) is 2. The van der Waals surface area contributed by atoms with E-state index in [1.54, 1.807) is 19.0 Å². The van der Waals surface area contributed by atoms with Gasteiger partial charge in [-0.3, -0.25) is 9.69 Å². The van der Waals surface area contributed by atoms with Crippen molar-refractivity contribution in [3.8, 4) is 0 Å². The van der Waals surface area contributed by atoms with Gasteiger partial charge in [-0.25, -0.2) is 4.99 Å². The van der Waals surface area contributed by atoms with Gasteiger partial charge >= 0.3 is 0 Å². The maximum absolute atomic E-state index is 11.7. The fourth-order valence-electron chi connectivity index (χ4n) is 2.28. The molecule has 0 saturated heterocycles. The van der Waals surface area contributed by atoms with Gasteiger partial charge in [0.25, 0.3) is 0 Å². The third-order valence-corrected chi connectivity index (χ3v) is 3.64. The molecule has 0 aliphatic heterocycles. The van der Waals surface area contributed by atoms with Gasteiger partial charge in [0.2, 0.25) is 5.91 Å². The van der Waals surface area contributed by atoms with Crippen LogP contribution in [0, 0.1) is 0 Å². The van der Waals surface area contributed by atoms with Gasteiger partial charge in [0, 0.05) is 45.8 Å². The number of aliphatic imine (C=N–C) groups is 1. The Kier molecular flexibility index (Phi) is 11.1. The first kappa shape index (κ1) is 22.4. The van der Waals surface area contributed by atoms with Crippen molar-refractivity contribution >= 4 is 11.9 Å². The maximum atomic E-state index is 11.7. The van der Waals surface area contributed by atoms with Crippen molar-refractivity contribution in [2.75, 3.05) is 40.3 Å². The molecule has 0 aromatic carbocycles. The van der Waals surface area contributed by atoms with E-state index in [0.29, 0.717) is 24.6 Å². The lowest BCUT2D eigenvalue weighted by molar-refractivity contribution is -0.127. The molecule has 1 amide bonds. The van der Waals surface area contributed by atoms with Crippen LogP contribution < -0.4 is 10.6 Å². The Morgan fingerprint density at radius 1 is 1.12 bits per heavy atom. The van der Waals surface area contributed by atoms with Gasteiger partial charge in [-0.2, -0.15) is 0 Å². The molecule has 0 atom stereocenters. The average molecular weight is 340 g/mol. The number of likely N-dealkylation sites (N-methyl/N-ethyl adjacent to an activating group) is 1. The summed E-state index contributed by atoms with van der Waals surface area (Å²) >= 11 is 0. The summed E-state index contributed by atoms with van der Waals surface area (Å²) in [4.78, 5) is 20.1. The number of carbonyl (C=O) groups excluding carboxylic acids is 1. The summed E-state index contributed by atoms with van der Waals surface area (Å²) in [6, 6.07) is 1.08. The predicted octanol–water partition coefficient (Wildman–Crippen LogP) is 1.69. The number of hydrogen-bond acceptors (Lipinski definition) is 3. The van der Waals surface area contributed by atoms with Gasteiger partial charge < -0.3 is 15.5 Å². The number of amides is 1. The van der Waals surface area contributed by atoms with Gasteiger partial charge in [0.1, 0.15) is 6.54 Å². The lowest BCUT2D eigenvalue weighted by Crippen LogP contribution is -2.42. The summed E-state index contributed by atoms with van der Waals surface area (Å²) < 4.78 is 0. The average Bonchev–Trinajstić information content (AvgIpc) is 2.47. The minimum absolute atomic E-state index is 0.0165. The highest BCUT2D eigenvalue weighted by molar-refractivity contribution is 5.84. The molecule has 6 heteroatoms. The summed E-state index contributed by atoms with van der Waals surface area (Å²) in [5.74, 6) is 0.644. The van der Waals surface area contributed by atoms with Gasteiger partial charge in [0.05, 0.1) is 0 Å². The summed E-state index contributed by atoms with van der Waals surface area (Å²) in [5.41, 5.74) is 1.02.